The molecule has 4 heterocycles. The number of halogens is 4. The maximum atomic E-state index is 13.3. The number of carbonyl (C=O) groups excluding carboxylic acids is 1. The Morgan fingerprint density at radius 2 is 1.91 bits per heavy atom. The molecule has 0 radical (unpaired) electrons. The minimum atomic E-state index is -4.72. The van der Waals surface area contributed by atoms with E-state index in [-0.39, 0.29) is 43.3 Å². The van der Waals surface area contributed by atoms with Crippen molar-refractivity contribution in [2.45, 2.75) is 25.4 Å². The number of nitrogens with zero attached hydrogens (tertiary/aromatic N) is 7. The highest BCUT2D eigenvalue weighted by Gasteiger charge is 2.41. The van der Waals surface area contributed by atoms with Gasteiger partial charge in [0.15, 0.2) is 11.9 Å². The molecular weight excluding hydrogens is 481 g/mol. The predicted octanol–water partition coefficient (Wildman–Crippen LogP) is 1.03. The minimum absolute atomic E-state index is 0.00507. The van der Waals surface area contributed by atoms with E-state index in [0.29, 0.717) is 37.1 Å². The number of alkyl halides is 3. The molecule has 4 rings (SSSR count). The third-order valence-corrected chi connectivity index (χ3v) is 5.58. The van der Waals surface area contributed by atoms with Crippen LogP contribution in [0.1, 0.15) is 29.6 Å². The highest BCUT2D eigenvalue weighted by molar-refractivity contribution is 6.30. The van der Waals surface area contributed by atoms with E-state index in [0.717, 1.165) is 4.68 Å². The van der Waals surface area contributed by atoms with Gasteiger partial charge in [0.2, 0.25) is 11.9 Å². The summed E-state index contributed by atoms with van der Waals surface area (Å²) < 4.78 is 46.3. The number of amides is 1. The molecule has 1 fully saturated rings. The molecule has 2 aliphatic heterocycles. The van der Waals surface area contributed by atoms with Crippen LogP contribution < -0.4 is 10.3 Å². The Labute approximate surface area is 197 Å². The molecule has 2 N–H and O–H groups in total. The van der Waals surface area contributed by atoms with Crippen LogP contribution in [0.2, 0.25) is 5.02 Å². The van der Waals surface area contributed by atoms with Crippen molar-refractivity contribution in [2.75, 3.05) is 44.3 Å². The van der Waals surface area contributed by atoms with Crippen molar-refractivity contribution in [3.63, 3.8) is 0 Å². The van der Waals surface area contributed by atoms with Crippen molar-refractivity contribution < 1.29 is 27.8 Å². The second-order valence-electron chi connectivity index (χ2n) is 7.59. The summed E-state index contributed by atoms with van der Waals surface area (Å²) >= 11 is 5.80. The van der Waals surface area contributed by atoms with Gasteiger partial charge < -0.3 is 19.6 Å². The van der Waals surface area contributed by atoms with Gasteiger partial charge in [-0.15, -0.1) is 0 Å². The number of rotatable bonds is 7. The molecule has 2 aliphatic rings. The van der Waals surface area contributed by atoms with Crippen molar-refractivity contribution in [1.82, 2.24) is 30.1 Å². The average molecular weight is 503 g/mol. The molecule has 184 valence electrons. The average Bonchev–Trinajstić information content (AvgIpc) is 3.20. The third-order valence-electron chi connectivity index (χ3n) is 5.39. The van der Waals surface area contributed by atoms with Crippen LogP contribution in [-0.2, 0) is 22.3 Å². The van der Waals surface area contributed by atoms with E-state index in [2.05, 4.69) is 25.6 Å². The summed E-state index contributed by atoms with van der Waals surface area (Å²) in [5.41, 5.74) is 0.689. The summed E-state index contributed by atoms with van der Waals surface area (Å²) in [7, 11) is 0. The SMILES string of the molecule is O=C(CCOCCn1nc(C(F)(F)F)c2c1C=NNC2O)N1CCN(c2ncc(Cl)cn2)CC1. The Morgan fingerprint density at radius 1 is 1.21 bits per heavy atom. The molecule has 15 heteroatoms. The second kappa shape index (κ2) is 10.1. The van der Waals surface area contributed by atoms with Crippen LogP contribution in [0, 0.1) is 0 Å². The lowest BCUT2D eigenvalue weighted by atomic mass is 10.1. The van der Waals surface area contributed by atoms with E-state index >= 15 is 0 Å². The molecule has 11 nitrogen and oxygen atoms in total. The largest absolute Gasteiger partial charge is 0.435 e. The van der Waals surface area contributed by atoms with Crippen molar-refractivity contribution in [1.29, 1.82) is 0 Å². The van der Waals surface area contributed by atoms with Crippen molar-refractivity contribution in [2.24, 2.45) is 5.10 Å². The Hall–Kier alpha value is -2.97. The van der Waals surface area contributed by atoms with E-state index in [4.69, 9.17) is 16.3 Å². The molecule has 0 spiro atoms. The minimum Gasteiger partial charge on any atom is -0.379 e. The van der Waals surface area contributed by atoms with Crippen LogP contribution in [0.3, 0.4) is 0 Å². The maximum absolute atomic E-state index is 13.3. The monoisotopic (exact) mass is 502 g/mol. The summed E-state index contributed by atoms with van der Waals surface area (Å²) in [5, 5.41) is 17.5. The van der Waals surface area contributed by atoms with Crippen LogP contribution >= 0.6 is 11.6 Å². The quantitative estimate of drug-likeness (QED) is 0.539. The molecule has 1 atom stereocenters. The number of piperazine rings is 1. The number of aliphatic hydroxyl groups excluding tert-OH is 1. The summed E-state index contributed by atoms with van der Waals surface area (Å²) in [6, 6.07) is 0. The zero-order chi connectivity index (χ0) is 24.3. The topological polar surface area (TPSA) is 121 Å². The molecule has 0 bridgehead atoms. The van der Waals surface area contributed by atoms with Crippen molar-refractivity contribution in [3.05, 3.63) is 34.4 Å². The van der Waals surface area contributed by atoms with Crippen LogP contribution in [0.15, 0.2) is 17.5 Å². The Morgan fingerprint density at radius 3 is 2.59 bits per heavy atom. The molecule has 2 aromatic rings. The number of ether oxygens (including phenoxy) is 1. The van der Waals surface area contributed by atoms with Gasteiger partial charge in [0, 0.05) is 26.2 Å². The lowest BCUT2D eigenvalue weighted by molar-refractivity contribution is -0.143. The lowest BCUT2D eigenvalue weighted by Gasteiger charge is -2.34. The zero-order valence-electron chi connectivity index (χ0n) is 17.9. The van der Waals surface area contributed by atoms with Crippen molar-refractivity contribution in [3.8, 4) is 0 Å². The molecule has 34 heavy (non-hydrogen) atoms. The fourth-order valence-corrected chi connectivity index (χ4v) is 3.80. The van der Waals surface area contributed by atoms with Gasteiger partial charge in [-0.1, -0.05) is 11.6 Å². The second-order valence-corrected chi connectivity index (χ2v) is 8.03. The Kier molecular flexibility index (Phi) is 7.19. The van der Waals surface area contributed by atoms with Gasteiger partial charge in [0.05, 0.1) is 61.1 Å². The number of carbonyl (C=O) groups is 1. The first-order valence-corrected chi connectivity index (χ1v) is 10.8. The van der Waals surface area contributed by atoms with E-state index in [1.54, 1.807) is 4.90 Å². The van der Waals surface area contributed by atoms with Crippen LogP contribution in [0.25, 0.3) is 0 Å². The maximum Gasteiger partial charge on any atom is 0.435 e. The fourth-order valence-electron chi connectivity index (χ4n) is 3.70. The highest BCUT2D eigenvalue weighted by Crippen LogP contribution is 2.35. The summed E-state index contributed by atoms with van der Waals surface area (Å²) in [5.74, 6) is 0.483. The van der Waals surface area contributed by atoms with Gasteiger partial charge in [0.25, 0.3) is 0 Å². The van der Waals surface area contributed by atoms with E-state index in [9.17, 15) is 23.1 Å². The van der Waals surface area contributed by atoms with Crippen LogP contribution in [-0.4, -0.2) is 81.3 Å². The van der Waals surface area contributed by atoms with Gasteiger partial charge in [-0.25, -0.2) is 9.97 Å². The number of anilines is 1. The number of hydrogen-bond donors (Lipinski definition) is 2. The number of aromatic nitrogens is 4. The molecule has 1 unspecified atom stereocenters. The van der Waals surface area contributed by atoms with Crippen molar-refractivity contribution >= 4 is 29.7 Å². The van der Waals surface area contributed by atoms with E-state index < -0.39 is 18.1 Å². The van der Waals surface area contributed by atoms with Gasteiger partial charge in [-0.05, 0) is 0 Å². The molecule has 0 aromatic carbocycles. The van der Waals surface area contributed by atoms with Gasteiger partial charge in [-0.3, -0.25) is 14.9 Å². The van der Waals surface area contributed by atoms with Crippen LogP contribution in [0.5, 0.6) is 0 Å². The smallest absolute Gasteiger partial charge is 0.379 e. The molecule has 0 saturated carbocycles. The molecule has 1 saturated heterocycles. The van der Waals surface area contributed by atoms with Gasteiger partial charge in [0.1, 0.15) is 0 Å². The van der Waals surface area contributed by atoms with Crippen LogP contribution in [0.4, 0.5) is 19.1 Å². The number of hydrazone groups is 1. The number of aliphatic hydroxyl groups is 1. The molecule has 1 amide bonds. The normalized spacial score (nSPS) is 18.1. The number of fused-ring (bicyclic) bond motifs is 1. The molecule has 0 aliphatic carbocycles. The summed E-state index contributed by atoms with van der Waals surface area (Å²) in [4.78, 5) is 24.5. The molecule has 2 aromatic heterocycles. The first kappa shape index (κ1) is 24.2. The van der Waals surface area contributed by atoms with E-state index in [1.165, 1.54) is 18.6 Å². The number of hydrogen-bond acceptors (Lipinski definition) is 9. The first-order chi connectivity index (χ1) is 16.2. The highest BCUT2D eigenvalue weighted by atomic mass is 35.5. The van der Waals surface area contributed by atoms with Gasteiger partial charge in [-0.2, -0.15) is 23.4 Å². The van der Waals surface area contributed by atoms with E-state index in [1.807, 2.05) is 4.90 Å². The fraction of sp³-hybridized carbons (Fsp3) is 0.526. The summed E-state index contributed by atoms with van der Waals surface area (Å²) in [6.07, 6.45) is -1.97. The lowest BCUT2D eigenvalue weighted by Crippen LogP contribution is -2.49. The Balaban J connectivity index is 1.22. The van der Waals surface area contributed by atoms with Gasteiger partial charge >= 0.3 is 6.18 Å². The third kappa shape index (κ3) is 5.39. The Bertz CT molecular complexity index is 1040. The zero-order valence-corrected chi connectivity index (χ0v) is 18.6. The standard InChI is InChI=1S/C19H22ClF3N8O3/c20-12-9-24-18(25-10-12)30-4-2-29(3-5-30)14(32)1-7-34-8-6-31-13-11-26-27-17(33)15(13)16(28-31)19(21,22)23/h9-11,17,27,33H,1-8H2. The summed E-state index contributed by atoms with van der Waals surface area (Å²) in [6.45, 7) is 2.36. The number of nitrogens with one attached hydrogen (secondary N) is 1. The molecular formula is C19H22ClF3N8O3. The predicted molar refractivity (Wildman–Crippen MR) is 114 cm³/mol. The first-order valence-electron chi connectivity index (χ1n) is 10.5.